The molecular weight excluding hydrogens is 657 g/mol. The Hall–Kier alpha value is -4.45. The maximum atomic E-state index is 14.3. The van der Waals surface area contributed by atoms with E-state index in [2.05, 4.69) is 36.7 Å². The summed E-state index contributed by atoms with van der Waals surface area (Å²) in [7, 11) is 0. The largest absolute Gasteiger partial charge is 0.474 e. The lowest BCUT2D eigenvalue weighted by Crippen LogP contribution is -2.45. The van der Waals surface area contributed by atoms with Gasteiger partial charge in [-0.3, -0.25) is 14.7 Å². The first-order chi connectivity index (χ1) is 24.3. The van der Waals surface area contributed by atoms with Gasteiger partial charge in [0, 0.05) is 66.7 Å². The van der Waals surface area contributed by atoms with E-state index in [4.69, 9.17) is 26.1 Å². The fourth-order valence-corrected chi connectivity index (χ4v) is 6.91. The lowest BCUT2D eigenvalue weighted by molar-refractivity contribution is -0.142. The number of nitrogens with one attached hydrogen (secondary N) is 1. The van der Waals surface area contributed by atoms with Crippen LogP contribution in [-0.4, -0.2) is 66.7 Å². The van der Waals surface area contributed by atoms with Crippen LogP contribution in [0.5, 0.6) is 5.88 Å². The monoisotopic (exact) mass is 695 g/mol. The fourth-order valence-electron chi connectivity index (χ4n) is 6.75. The number of benzene rings is 2. The van der Waals surface area contributed by atoms with Crippen molar-refractivity contribution in [2.45, 2.75) is 76.2 Å². The van der Waals surface area contributed by atoms with Crippen molar-refractivity contribution in [2.24, 2.45) is 0 Å². The molecule has 1 atom stereocenters. The lowest BCUT2D eigenvalue weighted by Gasteiger charge is -2.39. The van der Waals surface area contributed by atoms with Crippen LogP contribution < -0.4 is 10.1 Å². The van der Waals surface area contributed by atoms with Gasteiger partial charge in [-0.1, -0.05) is 17.7 Å². The van der Waals surface area contributed by atoms with E-state index in [1.165, 1.54) is 18.9 Å². The first kappa shape index (κ1) is 32.7. The van der Waals surface area contributed by atoms with E-state index in [1.807, 2.05) is 30.3 Å². The SMILES string of the molecule is C[C@@]1(Cn2c(CN3CCC(Oc4ccnc(Cc5ccc(Cl)cc5F)n4)CC3)nc3cc(NC(=O)c4ccc(C5CC5)nc4)ccc32)CCO1. The minimum absolute atomic E-state index is 0.00801. The zero-order chi connectivity index (χ0) is 34.2. The molecule has 258 valence electrons. The highest BCUT2D eigenvalue weighted by molar-refractivity contribution is 6.30. The number of ether oxygens (including phenoxy) is 2. The van der Waals surface area contributed by atoms with Crippen LogP contribution >= 0.6 is 11.6 Å². The van der Waals surface area contributed by atoms with Gasteiger partial charge in [0.1, 0.15) is 23.6 Å². The summed E-state index contributed by atoms with van der Waals surface area (Å²) in [5.74, 6) is 1.93. The minimum atomic E-state index is -0.377. The predicted octanol–water partition coefficient (Wildman–Crippen LogP) is 6.96. The highest BCUT2D eigenvalue weighted by Crippen LogP contribution is 2.38. The molecule has 10 nitrogen and oxygen atoms in total. The van der Waals surface area contributed by atoms with Crippen molar-refractivity contribution >= 4 is 34.2 Å². The molecule has 0 radical (unpaired) electrons. The molecule has 0 bridgehead atoms. The van der Waals surface area contributed by atoms with Gasteiger partial charge in [0.2, 0.25) is 5.88 Å². The molecule has 5 heterocycles. The number of amides is 1. The average molecular weight is 696 g/mol. The molecule has 3 aromatic heterocycles. The van der Waals surface area contributed by atoms with E-state index >= 15 is 0 Å². The molecule has 3 aliphatic rings. The molecule has 50 heavy (non-hydrogen) atoms. The van der Waals surface area contributed by atoms with Gasteiger partial charge >= 0.3 is 0 Å². The molecule has 2 saturated heterocycles. The van der Waals surface area contributed by atoms with Crippen LogP contribution in [0.2, 0.25) is 5.02 Å². The highest BCUT2D eigenvalue weighted by atomic mass is 35.5. The average Bonchev–Trinajstić information content (AvgIpc) is 3.90. The summed E-state index contributed by atoms with van der Waals surface area (Å²) in [5, 5.41) is 3.39. The summed E-state index contributed by atoms with van der Waals surface area (Å²) in [6, 6.07) is 16.1. The second-order valence-corrected chi connectivity index (χ2v) is 14.3. The van der Waals surface area contributed by atoms with Gasteiger partial charge < -0.3 is 19.4 Å². The third-order valence-corrected chi connectivity index (χ3v) is 10.2. The van der Waals surface area contributed by atoms with Crippen LogP contribution in [0, 0.1) is 5.82 Å². The maximum Gasteiger partial charge on any atom is 0.257 e. The number of piperidine rings is 1. The van der Waals surface area contributed by atoms with E-state index < -0.39 is 0 Å². The Morgan fingerprint density at radius 2 is 1.90 bits per heavy atom. The smallest absolute Gasteiger partial charge is 0.257 e. The molecule has 0 spiro atoms. The highest BCUT2D eigenvalue weighted by Gasteiger charge is 2.35. The van der Waals surface area contributed by atoms with Crippen molar-refractivity contribution in [3.63, 3.8) is 0 Å². The molecule has 1 saturated carbocycles. The van der Waals surface area contributed by atoms with Crippen LogP contribution in [0.4, 0.5) is 10.1 Å². The number of carbonyl (C=O) groups is 1. The summed E-state index contributed by atoms with van der Waals surface area (Å²) >= 11 is 5.90. The molecule has 2 aromatic carbocycles. The molecule has 8 rings (SSSR count). The Bertz CT molecular complexity index is 2020. The van der Waals surface area contributed by atoms with E-state index in [9.17, 15) is 9.18 Å². The van der Waals surface area contributed by atoms with E-state index in [-0.39, 0.29) is 29.9 Å². The second kappa shape index (κ2) is 13.7. The van der Waals surface area contributed by atoms with Gasteiger partial charge in [-0.05, 0) is 80.6 Å². The zero-order valence-corrected chi connectivity index (χ0v) is 28.7. The van der Waals surface area contributed by atoms with Crippen LogP contribution in [-0.2, 0) is 24.2 Å². The third-order valence-electron chi connectivity index (χ3n) is 9.93. The van der Waals surface area contributed by atoms with Gasteiger partial charge in [-0.15, -0.1) is 0 Å². The first-order valence-electron chi connectivity index (χ1n) is 17.3. The Morgan fingerprint density at radius 3 is 2.62 bits per heavy atom. The van der Waals surface area contributed by atoms with E-state index in [0.717, 1.165) is 61.5 Å². The summed E-state index contributed by atoms with van der Waals surface area (Å²) in [6.07, 6.45) is 8.59. The van der Waals surface area contributed by atoms with Gasteiger partial charge in [0.05, 0.1) is 41.9 Å². The van der Waals surface area contributed by atoms with Gasteiger partial charge in [-0.25, -0.2) is 14.4 Å². The Labute approximate surface area is 295 Å². The number of likely N-dealkylation sites (tertiary alicyclic amines) is 1. The molecule has 0 unspecified atom stereocenters. The van der Waals surface area contributed by atoms with Crippen molar-refractivity contribution in [1.29, 1.82) is 0 Å². The summed E-state index contributed by atoms with van der Waals surface area (Å²) in [6.45, 7) is 5.98. The van der Waals surface area contributed by atoms with E-state index in [0.29, 0.717) is 52.5 Å². The molecular formula is C38H39ClFN7O3. The summed E-state index contributed by atoms with van der Waals surface area (Å²) < 4.78 is 28.9. The number of imidazole rings is 1. The molecule has 5 aromatic rings. The lowest BCUT2D eigenvalue weighted by atomic mass is 9.97. The number of halogens is 2. The van der Waals surface area contributed by atoms with E-state index in [1.54, 1.807) is 30.6 Å². The summed E-state index contributed by atoms with van der Waals surface area (Å²) in [4.78, 5) is 33.9. The van der Waals surface area contributed by atoms with Crippen molar-refractivity contribution in [2.75, 3.05) is 25.0 Å². The number of fused-ring (bicyclic) bond motifs is 1. The molecule has 1 amide bonds. The van der Waals surface area contributed by atoms with Crippen LogP contribution in [0.15, 0.2) is 67.0 Å². The van der Waals surface area contributed by atoms with Crippen molar-refractivity contribution < 1.29 is 18.7 Å². The zero-order valence-electron chi connectivity index (χ0n) is 27.9. The molecule has 2 aliphatic heterocycles. The standard InChI is InChI=1S/C38H39ClFN7O3/c1-38(13-17-49-38)23-47-33-9-7-28(43-37(48)26-5-8-31(42-21-26)24-2-3-24)20-32(33)44-35(47)22-46-15-11-29(12-16-46)50-36-10-14-41-34(45-36)18-25-4-6-27(39)19-30(25)40/h4-10,14,19-21,24,29H,2-3,11-13,15-18,22-23H2,1H3,(H,43,48)/t38-/m0/s1. The summed E-state index contributed by atoms with van der Waals surface area (Å²) in [5.41, 5.74) is 4.39. The molecule has 12 heteroatoms. The number of aromatic nitrogens is 5. The van der Waals surface area contributed by atoms with Crippen molar-refractivity contribution in [3.05, 3.63) is 106 Å². The quantitative estimate of drug-likeness (QED) is 0.158. The van der Waals surface area contributed by atoms with Gasteiger partial charge in [-0.2, -0.15) is 4.98 Å². The Morgan fingerprint density at radius 1 is 1.06 bits per heavy atom. The number of anilines is 1. The maximum absolute atomic E-state index is 14.3. The molecule has 1 aliphatic carbocycles. The predicted molar refractivity (Wildman–Crippen MR) is 188 cm³/mol. The second-order valence-electron chi connectivity index (χ2n) is 13.9. The number of hydrogen-bond acceptors (Lipinski definition) is 8. The van der Waals surface area contributed by atoms with Crippen LogP contribution in [0.25, 0.3) is 11.0 Å². The van der Waals surface area contributed by atoms with Crippen molar-refractivity contribution in [1.82, 2.24) is 29.4 Å². The minimum Gasteiger partial charge on any atom is -0.474 e. The Kier molecular flexibility index (Phi) is 8.97. The van der Waals surface area contributed by atoms with Crippen molar-refractivity contribution in [3.8, 4) is 5.88 Å². The number of carbonyl (C=O) groups excluding carboxylic acids is 1. The van der Waals surface area contributed by atoms with Crippen LogP contribution in [0.1, 0.15) is 78.2 Å². The third kappa shape index (κ3) is 7.35. The fraction of sp³-hybridized carbons (Fsp3) is 0.395. The normalized spacial score (nSPS) is 19.7. The van der Waals surface area contributed by atoms with Gasteiger partial charge in [0.25, 0.3) is 5.91 Å². The molecule has 1 N–H and O–H groups in total. The number of pyridine rings is 1. The topological polar surface area (TPSA) is 107 Å². The first-order valence-corrected chi connectivity index (χ1v) is 17.7. The number of rotatable bonds is 11. The molecule has 3 fully saturated rings. The van der Waals surface area contributed by atoms with Gasteiger partial charge in [0.15, 0.2) is 0 Å². The number of nitrogens with zero attached hydrogens (tertiary/aromatic N) is 6. The number of hydrogen-bond donors (Lipinski definition) is 1. The Balaban J connectivity index is 0.923. The van der Waals surface area contributed by atoms with Crippen LogP contribution in [0.3, 0.4) is 0 Å².